The zero-order valence-corrected chi connectivity index (χ0v) is 9.89. The maximum absolute atomic E-state index is 11.7. The SMILES string of the molecule is Cn1ccc(NC(=O)NC2CCCCC2O)n1. The van der Waals surface area contributed by atoms with E-state index in [0.29, 0.717) is 5.82 Å². The van der Waals surface area contributed by atoms with Gasteiger partial charge >= 0.3 is 6.03 Å². The van der Waals surface area contributed by atoms with E-state index in [1.807, 2.05) is 0 Å². The van der Waals surface area contributed by atoms with Crippen molar-refractivity contribution in [2.45, 2.75) is 37.8 Å². The van der Waals surface area contributed by atoms with Gasteiger partial charge in [0.25, 0.3) is 0 Å². The molecule has 1 aliphatic rings. The summed E-state index contributed by atoms with van der Waals surface area (Å²) in [5.74, 6) is 0.510. The summed E-state index contributed by atoms with van der Waals surface area (Å²) in [6.45, 7) is 0. The number of aliphatic hydroxyl groups excluding tert-OH is 1. The molecule has 0 spiro atoms. The number of aryl methyl sites for hydroxylation is 1. The highest BCUT2D eigenvalue weighted by molar-refractivity contribution is 5.88. The molecule has 94 valence electrons. The van der Waals surface area contributed by atoms with Gasteiger partial charge in [-0.05, 0) is 12.8 Å². The second kappa shape index (κ2) is 5.18. The van der Waals surface area contributed by atoms with Crippen LogP contribution >= 0.6 is 0 Å². The molecule has 2 unspecified atom stereocenters. The van der Waals surface area contributed by atoms with Crippen LogP contribution in [0.5, 0.6) is 0 Å². The smallest absolute Gasteiger partial charge is 0.320 e. The van der Waals surface area contributed by atoms with E-state index in [1.165, 1.54) is 0 Å². The number of anilines is 1. The molecule has 3 N–H and O–H groups in total. The first-order valence-electron chi connectivity index (χ1n) is 5.90. The van der Waals surface area contributed by atoms with Crippen molar-refractivity contribution in [1.82, 2.24) is 15.1 Å². The van der Waals surface area contributed by atoms with Gasteiger partial charge in [-0.3, -0.25) is 10.00 Å². The number of hydrogen-bond acceptors (Lipinski definition) is 3. The highest BCUT2D eigenvalue weighted by Crippen LogP contribution is 2.18. The number of aromatic nitrogens is 2. The van der Waals surface area contributed by atoms with Crippen molar-refractivity contribution in [3.63, 3.8) is 0 Å². The quantitative estimate of drug-likeness (QED) is 0.714. The van der Waals surface area contributed by atoms with Gasteiger partial charge in [0, 0.05) is 19.3 Å². The van der Waals surface area contributed by atoms with E-state index in [-0.39, 0.29) is 12.1 Å². The first kappa shape index (κ1) is 11.9. The molecule has 1 heterocycles. The molecule has 2 atom stereocenters. The number of hydrogen-bond donors (Lipinski definition) is 3. The molecule has 0 radical (unpaired) electrons. The summed E-state index contributed by atoms with van der Waals surface area (Å²) in [6, 6.07) is 1.26. The Morgan fingerprint density at radius 1 is 1.53 bits per heavy atom. The van der Waals surface area contributed by atoms with E-state index < -0.39 is 6.10 Å². The number of nitrogens with one attached hydrogen (secondary N) is 2. The largest absolute Gasteiger partial charge is 0.391 e. The molecule has 1 fully saturated rings. The monoisotopic (exact) mass is 238 g/mol. The number of aliphatic hydroxyl groups is 1. The van der Waals surface area contributed by atoms with E-state index in [4.69, 9.17) is 0 Å². The third kappa shape index (κ3) is 3.20. The summed E-state index contributed by atoms with van der Waals surface area (Å²) in [5.41, 5.74) is 0. The lowest BCUT2D eigenvalue weighted by Crippen LogP contribution is -2.46. The Labute approximate surface area is 100 Å². The third-order valence-electron chi connectivity index (χ3n) is 3.00. The van der Waals surface area contributed by atoms with Crippen molar-refractivity contribution in [2.24, 2.45) is 7.05 Å². The Morgan fingerprint density at radius 2 is 2.29 bits per heavy atom. The van der Waals surface area contributed by atoms with Crippen LogP contribution in [0.2, 0.25) is 0 Å². The van der Waals surface area contributed by atoms with Crippen molar-refractivity contribution in [3.8, 4) is 0 Å². The summed E-state index contributed by atoms with van der Waals surface area (Å²) in [7, 11) is 1.79. The van der Waals surface area contributed by atoms with Gasteiger partial charge in [0.1, 0.15) is 0 Å². The van der Waals surface area contributed by atoms with E-state index >= 15 is 0 Å². The number of carbonyl (C=O) groups excluding carboxylic acids is 1. The summed E-state index contributed by atoms with van der Waals surface area (Å²) < 4.78 is 1.62. The van der Waals surface area contributed by atoms with E-state index in [0.717, 1.165) is 25.7 Å². The molecule has 1 aromatic rings. The van der Waals surface area contributed by atoms with Crippen LogP contribution in [-0.2, 0) is 7.05 Å². The molecule has 6 heteroatoms. The first-order chi connectivity index (χ1) is 8.15. The molecule has 1 aromatic heterocycles. The average Bonchev–Trinajstić information content (AvgIpc) is 2.67. The minimum absolute atomic E-state index is 0.146. The highest BCUT2D eigenvalue weighted by Gasteiger charge is 2.24. The van der Waals surface area contributed by atoms with Crippen molar-refractivity contribution in [2.75, 3.05) is 5.32 Å². The standard InChI is InChI=1S/C11H18N4O2/c1-15-7-6-10(14-15)13-11(17)12-8-4-2-3-5-9(8)16/h6-9,16H,2-5H2,1H3,(H2,12,13,14,17). The van der Waals surface area contributed by atoms with Crippen LogP contribution in [0.15, 0.2) is 12.3 Å². The van der Waals surface area contributed by atoms with Gasteiger partial charge in [-0.2, -0.15) is 5.10 Å². The highest BCUT2D eigenvalue weighted by atomic mass is 16.3. The summed E-state index contributed by atoms with van der Waals surface area (Å²) in [5, 5.41) is 19.2. The fourth-order valence-electron chi connectivity index (χ4n) is 2.08. The zero-order chi connectivity index (χ0) is 12.3. The molecule has 1 saturated carbocycles. The van der Waals surface area contributed by atoms with Crippen LogP contribution < -0.4 is 10.6 Å². The Hall–Kier alpha value is -1.56. The van der Waals surface area contributed by atoms with Gasteiger partial charge in [0.15, 0.2) is 5.82 Å². The molecule has 17 heavy (non-hydrogen) atoms. The first-order valence-corrected chi connectivity index (χ1v) is 5.90. The summed E-state index contributed by atoms with van der Waals surface area (Å²) >= 11 is 0. The van der Waals surface area contributed by atoms with E-state index in [1.54, 1.807) is 24.0 Å². The molecule has 0 bridgehead atoms. The zero-order valence-electron chi connectivity index (χ0n) is 9.89. The van der Waals surface area contributed by atoms with Gasteiger partial charge in [0.2, 0.25) is 0 Å². The fourth-order valence-corrected chi connectivity index (χ4v) is 2.08. The molecule has 0 aliphatic heterocycles. The second-order valence-electron chi connectivity index (χ2n) is 4.43. The molecular weight excluding hydrogens is 220 g/mol. The van der Waals surface area contributed by atoms with Crippen LogP contribution in [-0.4, -0.2) is 33.1 Å². The minimum Gasteiger partial charge on any atom is -0.391 e. The Morgan fingerprint density at radius 3 is 2.94 bits per heavy atom. The third-order valence-corrected chi connectivity index (χ3v) is 3.00. The topological polar surface area (TPSA) is 79.2 Å². The van der Waals surface area contributed by atoms with Gasteiger partial charge in [0.05, 0.1) is 12.1 Å². The molecular formula is C11H18N4O2. The molecule has 0 aromatic carbocycles. The lowest BCUT2D eigenvalue weighted by atomic mass is 9.93. The minimum atomic E-state index is -0.432. The number of nitrogens with zero attached hydrogens (tertiary/aromatic N) is 2. The summed E-state index contributed by atoms with van der Waals surface area (Å²) in [4.78, 5) is 11.7. The second-order valence-corrected chi connectivity index (χ2v) is 4.43. The lowest BCUT2D eigenvalue weighted by Gasteiger charge is -2.28. The summed E-state index contributed by atoms with van der Waals surface area (Å²) in [6.07, 6.45) is 4.99. The number of urea groups is 1. The van der Waals surface area contributed by atoms with E-state index in [2.05, 4.69) is 15.7 Å². The fraction of sp³-hybridized carbons (Fsp3) is 0.636. The average molecular weight is 238 g/mol. The predicted octanol–water partition coefficient (Wildman–Crippen LogP) is 0.845. The van der Waals surface area contributed by atoms with Gasteiger partial charge in [-0.1, -0.05) is 12.8 Å². The number of rotatable bonds is 2. The normalized spacial score (nSPS) is 24.4. The van der Waals surface area contributed by atoms with E-state index in [9.17, 15) is 9.90 Å². The molecule has 2 rings (SSSR count). The van der Waals surface area contributed by atoms with Crippen LogP contribution in [0.3, 0.4) is 0 Å². The van der Waals surface area contributed by atoms with Crippen LogP contribution in [0.25, 0.3) is 0 Å². The molecule has 1 aliphatic carbocycles. The molecule has 0 saturated heterocycles. The van der Waals surface area contributed by atoms with Crippen molar-refractivity contribution >= 4 is 11.8 Å². The van der Waals surface area contributed by atoms with Gasteiger partial charge in [-0.25, -0.2) is 4.79 Å². The Balaban J connectivity index is 1.84. The van der Waals surface area contributed by atoms with Gasteiger partial charge in [-0.15, -0.1) is 0 Å². The van der Waals surface area contributed by atoms with Crippen molar-refractivity contribution in [3.05, 3.63) is 12.3 Å². The predicted molar refractivity (Wildman–Crippen MR) is 63.6 cm³/mol. The molecule has 6 nitrogen and oxygen atoms in total. The number of amides is 2. The Kier molecular flexibility index (Phi) is 3.63. The van der Waals surface area contributed by atoms with Crippen LogP contribution in [0.1, 0.15) is 25.7 Å². The maximum Gasteiger partial charge on any atom is 0.320 e. The van der Waals surface area contributed by atoms with Crippen molar-refractivity contribution in [1.29, 1.82) is 0 Å². The van der Waals surface area contributed by atoms with Gasteiger partial charge < -0.3 is 10.4 Å². The van der Waals surface area contributed by atoms with Crippen LogP contribution in [0.4, 0.5) is 10.6 Å². The number of carbonyl (C=O) groups is 1. The molecule has 2 amide bonds. The lowest BCUT2D eigenvalue weighted by molar-refractivity contribution is 0.0955. The van der Waals surface area contributed by atoms with Crippen LogP contribution in [0, 0.1) is 0 Å². The Bertz CT molecular complexity index is 391. The maximum atomic E-state index is 11.7. The van der Waals surface area contributed by atoms with Crippen molar-refractivity contribution < 1.29 is 9.90 Å².